The van der Waals surface area contributed by atoms with Gasteiger partial charge in [-0.1, -0.05) is 61.5 Å². The number of carbonyl (C=O) groups is 1. The summed E-state index contributed by atoms with van der Waals surface area (Å²) in [5.41, 5.74) is 3.62. The van der Waals surface area contributed by atoms with Gasteiger partial charge in [0.15, 0.2) is 5.78 Å². The van der Waals surface area contributed by atoms with Gasteiger partial charge >= 0.3 is 0 Å². The van der Waals surface area contributed by atoms with E-state index < -0.39 is 0 Å². The third-order valence-corrected chi connectivity index (χ3v) is 5.83. The average molecular weight is 395 g/mol. The molecule has 0 unspecified atom stereocenters. The second kappa shape index (κ2) is 6.95. The van der Waals surface area contributed by atoms with E-state index in [9.17, 15) is 9.59 Å². The van der Waals surface area contributed by atoms with Crippen molar-refractivity contribution in [1.29, 1.82) is 0 Å². The molecule has 3 aromatic carbocycles. The molecule has 0 saturated heterocycles. The van der Waals surface area contributed by atoms with Gasteiger partial charge in [-0.05, 0) is 36.2 Å². The van der Waals surface area contributed by atoms with Crippen LogP contribution in [-0.4, -0.2) is 19.7 Å². The fraction of sp³-hybridized carbons (Fsp3) is 0.160. The van der Waals surface area contributed by atoms with Crippen LogP contribution >= 0.6 is 0 Å². The number of hydrogen-bond acceptors (Lipinski definition) is 3. The number of fused-ring (bicyclic) bond motifs is 4. The maximum absolute atomic E-state index is 13.4. The summed E-state index contributed by atoms with van der Waals surface area (Å²) in [6, 6.07) is 21.2. The van der Waals surface area contributed by atoms with Gasteiger partial charge in [-0.3, -0.25) is 9.59 Å². The number of hydrogen-bond donors (Lipinski definition) is 0. The van der Waals surface area contributed by atoms with Crippen LogP contribution in [0, 0.1) is 6.92 Å². The predicted octanol–water partition coefficient (Wildman–Crippen LogP) is 4.56. The molecular formula is C25H21N3O2. The summed E-state index contributed by atoms with van der Waals surface area (Å²) < 4.78 is 3.52. The third kappa shape index (κ3) is 2.66. The second-order valence-electron chi connectivity index (χ2n) is 7.49. The van der Waals surface area contributed by atoms with Gasteiger partial charge in [-0.25, -0.2) is 9.38 Å². The molecule has 0 N–H and O–H groups in total. The molecule has 0 aliphatic heterocycles. The molecule has 0 aliphatic carbocycles. The fourth-order valence-corrected chi connectivity index (χ4v) is 4.29. The van der Waals surface area contributed by atoms with Gasteiger partial charge in [0, 0.05) is 16.8 Å². The van der Waals surface area contributed by atoms with E-state index in [0.29, 0.717) is 23.3 Å². The molecule has 0 amide bonds. The first-order valence-electron chi connectivity index (χ1n) is 10.1. The molecule has 0 saturated carbocycles. The largest absolute Gasteiger partial charge is 0.307 e. The molecule has 5 nitrogen and oxygen atoms in total. The lowest BCUT2D eigenvalue weighted by Gasteiger charge is -2.16. The molecule has 148 valence electrons. The lowest BCUT2D eigenvalue weighted by atomic mass is 10.0. The van der Waals surface area contributed by atoms with E-state index in [4.69, 9.17) is 4.98 Å². The first kappa shape index (κ1) is 18.3. The second-order valence-corrected chi connectivity index (χ2v) is 7.49. The Labute approximate surface area is 173 Å². The monoisotopic (exact) mass is 395 g/mol. The van der Waals surface area contributed by atoms with E-state index in [1.54, 1.807) is 4.40 Å². The highest BCUT2D eigenvalue weighted by Gasteiger charge is 2.20. The Morgan fingerprint density at radius 2 is 1.70 bits per heavy atom. The number of nitrogens with zero attached hydrogens (tertiary/aromatic N) is 3. The van der Waals surface area contributed by atoms with Crippen molar-refractivity contribution in [3.63, 3.8) is 0 Å². The topological polar surface area (TPSA) is 56.4 Å². The van der Waals surface area contributed by atoms with Crippen LogP contribution < -0.4 is 5.56 Å². The van der Waals surface area contributed by atoms with Gasteiger partial charge < -0.3 is 4.57 Å². The molecule has 0 aliphatic rings. The van der Waals surface area contributed by atoms with Crippen molar-refractivity contribution in [3.8, 4) is 0 Å². The maximum Gasteiger partial charge on any atom is 0.262 e. The minimum absolute atomic E-state index is 0.00504. The molecule has 0 bridgehead atoms. The van der Waals surface area contributed by atoms with E-state index in [0.717, 1.165) is 27.5 Å². The number of para-hydroxylation sites is 2. The molecule has 5 aromatic rings. The zero-order chi connectivity index (χ0) is 20.8. The van der Waals surface area contributed by atoms with Crippen LogP contribution in [0.25, 0.3) is 27.6 Å². The maximum atomic E-state index is 13.4. The number of aromatic nitrogens is 3. The van der Waals surface area contributed by atoms with Crippen molar-refractivity contribution in [1.82, 2.24) is 14.0 Å². The number of Topliss-reactive ketones (excluding diaryl/α,β-unsaturated/α-hetero) is 1. The Bertz CT molecular complexity index is 1500. The summed E-state index contributed by atoms with van der Waals surface area (Å²) in [7, 11) is 0. The van der Waals surface area contributed by atoms with Crippen LogP contribution in [0.1, 0.15) is 28.5 Å². The molecule has 0 fully saturated rings. The van der Waals surface area contributed by atoms with Crippen molar-refractivity contribution in [2.24, 2.45) is 0 Å². The van der Waals surface area contributed by atoms with Crippen LogP contribution in [0.2, 0.25) is 0 Å². The van der Waals surface area contributed by atoms with Crippen molar-refractivity contribution in [2.45, 2.75) is 26.8 Å². The van der Waals surface area contributed by atoms with Gasteiger partial charge in [0.25, 0.3) is 5.56 Å². The number of ketones is 1. The van der Waals surface area contributed by atoms with E-state index in [-0.39, 0.29) is 17.9 Å². The summed E-state index contributed by atoms with van der Waals surface area (Å²) in [6.07, 6.45) is 0.593. The number of rotatable bonds is 4. The van der Waals surface area contributed by atoms with Gasteiger partial charge in [-0.15, -0.1) is 0 Å². The van der Waals surface area contributed by atoms with Crippen molar-refractivity contribution in [2.75, 3.05) is 0 Å². The van der Waals surface area contributed by atoms with Crippen LogP contribution in [0.4, 0.5) is 0 Å². The molecule has 0 radical (unpaired) electrons. The van der Waals surface area contributed by atoms with Crippen molar-refractivity contribution >= 4 is 33.4 Å². The smallest absolute Gasteiger partial charge is 0.262 e. The summed E-state index contributed by atoms with van der Waals surface area (Å²) in [4.78, 5) is 31.2. The van der Waals surface area contributed by atoms with Crippen molar-refractivity contribution in [3.05, 3.63) is 93.9 Å². The van der Waals surface area contributed by atoms with Crippen LogP contribution in [0.15, 0.2) is 71.5 Å². The van der Waals surface area contributed by atoms with E-state index >= 15 is 0 Å². The molecule has 30 heavy (non-hydrogen) atoms. The minimum Gasteiger partial charge on any atom is -0.307 e. The third-order valence-electron chi connectivity index (χ3n) is 5.83. The predicted molar refractivity (Wildman–Crippen MR) is 119 cm³/mol. The summed E-state index contributed by atoms with van der Waals surface area (Å²) >= 11 is 0. The van der Waals surface area contributed by atoms with Gasteiger partial charge in [0.1, 0.15) is 0 Å². The molecular weight excluding hydrogens is 374 g/mol. The zero-order valence-corrected chi connectivity index (χ0v) is 16.9. The molecule has 0 spiro atoms. The quantitative estimate of drug-likeness (QED) is 0.419. The molecule has 2 aromatic heterocycles. The molecule has 0 atom stereocenters. The van der Waals surface area contributed by atoms with E-state index in [2.05, 4.69) is 0 Å². The normalized spacial score (nSPS) is 11.5. The molecule has 2 heterocycles. The molecule has 5 heteroatoms. The highest BCUT2D eigenvalue weighted by molar-refractivity contribution is 6.08. The number of benzene rings is 3. The standard InChI is InChI=1S/C25H21N3O2/c1-3-18-16(2)27(25-26-21-13-6-7-14-22(21)28(25)24(18)30)15-23(29)20-12-8-10-17-9-4-5-11-19(17)20/h4-14H,3,15H2,1-2H3. The summed E-state index contributed by atoms with van der Waals surface area (Å²) in [6.45, 7) is 3.99. The fourth-order valence-electron chi connectivity index (χ4n) is 4.29. The van der Waals surface area contributed by atoms with Crippen LogP contribution in [-0.2, 0) is 13.0 Å². The first-order chi connectivity index (χ1) is 14.6. The van der Waals surface area contributed by atoms with Crippen molar-refractivity contribution < 1.29 is 4.79 Å². The zero-order valence-electron chi connectivity index (χ0n) is 16.9. The summed E-state index contributed by atoms with van der Waals surface area (Å²) in [5, 5.41) is 1.97. The highest BCUT2D eigenvalue weighted by atomic mass is 16.1. The number of imidazole rings is 1. The van der Waals surface area contributed by atoms with Gasteiger partial charge in [-0.2, -0.15) is 0 Å². The lowest BCUT2D eigenvalue weighted by Crippen LogP contribution is -2.26. The lowest BCUT2D eigenvalue weighted by molar-refractivity contribution is 0.0973. The SMILES string of the molecule is CCc1c(C)n(CC(=O)c2cccc3ccccc23)c2nc3ccccc3n2c1=O. The number of carbonyl (C=O) groups excluding carboxylic acids is 1. The Morgan fingerprint density at radius 1 is 0.967 bits per heavy atom. The van der Waals surface area contributed by atoms with Crippen LogP contribution in [0.5, 0.6) is 0 Å². The van der Waals surface area contributed by atoms with Gasteiger partial charge in [0.05, 0.1) is 17.6 Å². The average Bonchev–Trinajstić information content (AvgIpc) is 3.16. The highest BCUT2D eigenvalue weighted by Crippen LogP contribution is 2.22. The van der Waals surface area contributed by atoms with Gasteiger partial charge in [0.2, 0.25) is 5.78 Å². The Hall–Kier alpha value is -3.73. The van der Waals surface area contributed by atoms with E-state index in [1.165, 1.54) is 0 Å². The van der Waals surface area contributed by atoms with Crippen LogP contribution in [0.3, 0.4) is 0 Å². The molecule has 5 rings (SSSR count). The Balaban J connectivity index is 1.74. The first-order valence-corrected chi connectivity index (χ1v) is 10.1. The summed E-state index contributed by atoms with van der Waals surface area (Å²) in [5.74, 6) is 0.499. The van der Waals surface area contributed by atoms with E-state index in [1.807, 2.05) is 85.1 Å². The minimum atomic E-state index is -0.0624. The Kier molecular flexibility index (Phi) is 4.24. The Morgan fingerprint density at radius 3 is 2.53 bits per heavy atom.